The number of thioether (sulfide) groups is 1. The van der Waals surface area contributed by atoms with Crippen molar-refractivity contribution in [2.75, 3.05) is 6.26 Å². The van der Waals surface area contributed by atoms with Crippen LogP contribution in [0.2, 0.25) is 0 Å². The highest BCUT2D eigenvalue weighted by molar-refractivity contribution is 7.97. The van der Waals surface area contributed by atoms with E-state index in [4.69, 9.17) is 11.8 Å². The van der Waals surface area contributed by atoms with E-state index >= 15 is 0 Å². The summed E-state index contributed by atoms with van der Waals surface area (Å²) in [5, 5.41) is 0. The monoisotopic (exact) mass is 201 g/mol. The first-order chi connectivity index (χ1) is 5.86. The van der Waals surface area contributed by atoms with Gasteiger partial charge < -0.3 is 0 Å². The van der Waals surface area contributed by atoms with Gasteiger partial charge in [-0.05, 0) is 29.2 Å². The Morgan fingerprint density at radius 1 is 1.42 bits per heavy atom. The number of rotatable bonds is 4. The molecule has 12 heavy (non-hydrogen) atoms. The molecule has 1 aromatic carbocycles. The Bertz CT molecular complexity index is 218. The second-order valence-corrected chi connectivity index (χ2v) is 3.70. The van der Waals surface area contributed by atoms with Crippen LogP contribution in [0.25, 0.3) is 0 Å². The molecule has 0 atom stereocenters. The second-order valence-electron chi connectivity index (χ2n) is 2.56. The summed E-state index contributed by atoms with van der Waals surface area (Å²) in [4.78, 5) is 2.62. The molecule has 0 radical (unpaired) electrons. The lowest BCUT2D eigenvalue weighted by molar-refractivity contribution is 0.961. The maximum Gasteiger partial charge on any atom is 0.0359 e. The third-order valence-corrected chi connectivity index (χ3v) is 2.33. The highest BCUT2D eigenvalue weighted by Gasteiger charge is 1.93. The number of hydrogen-bond acceptors (Lipinski definition) is 2. The molecule has 0 fully saturated rings. The Labute approximate surface area is 82.6 Å². The molecule has 0 heterocycles. The van der Waals surface area contributed by atoms with Gasteiger partial charge in [0.1, 0.15) is 0 Å². The molecule has 66 valence electrons. The summed E-state index contributed by atoms with van der Waals surface area (Å²) in [6, 6.07) is 8.44. The van der Waals surface area contributed by atoms with E-state index < -0.39 is 0 Å². The Balaban J connectivity index is 2.67. The van der Waals surface area contributed by atoms with Crippen LogP contribution in [-0.2, 0) is 12.3 Å². The van der Waals surface area contributed by atoms with Gasteiger partial charge in [0.2, 0.25) is 0 Å². The molecule has 1 nitrogen and oxygen atoms in total. The molecule has 1 N–H and O–H groups in total. The standard InChI is InChI=1S/C9H12ClNS/c1-12-7-9-4-2-3-8(5-9)6-11-10/h2-5,11H,6-7H2,1H3. The lowest BCUT2D eigenvalue weighted by Gasteiger charge is -2.01. The van der Waals surface area contributed by atoms with E-state index in [0.717, 1.165) is 12.3 Å². The average molecular weight is 202 g/mol. The van der Waals surface area contributed by atoms with Crippen LogP contribution in [0.5, 0.6) is 0 Å². The van der Waals surface area contributed by atoms with E-state index in [0.29, 0.717) is 0 Å². The summed E-state index contributed by atoms with van der Waals surface area (Å²) in [6.07, 6.45) is 2.10. The quantitative estimate of drug-likeness (QED) is 0.752. The predicted octanol–water partition coefficient (Wildman–Crippen LogP) is 2.79. The van der Waals surface area contributed by atoms with Crippen molar-refractivity contribution in [3.63, 3.8) is 0 Å². The van der Waals surface area contributed by atoms with Crippen LogP contribution in [0.15, 0.2) is 24.3 Å². The molecule has 0 saturated heterocycles. The third-order valence-electron chi connectivity index (χ3n) is 1.57. The van der Waals surface area contributed by atoms with Crippen LogP contribution >= 0.6 is 23.5 Å². The van der Waals surface area contributed by atoms with Crippen LogP contribution in [-0.4, -0.2) is 6.26 Å². The van der Waals surface area contributed by atoms with Crippen molar-refractivity contribution in [2.45, 2.75) is 12.3 Å². The van der Waals surface area contributed by atoms with Gasteiger partial charge in [-0.2, -0.15) is 11.8 Å². The highest BCUT2D eigenvalue weighted by atomic mass is 35.5. The molecule has 0 unspecified atom stereocenters. The van der Waals surface area contributed by atoms with Crippen molar-refractivity contribution in [3.05, 3.63) is 35.4 Å². The molecular formula is C9H12ClNS. The van der Waals surface area contributed by atoms with Crippen LogP contribution in [0.4, 0.5) is 0 Å². The van der Waals surface area contributed by atoms with Gasteiger partial charge in [0.25, 0.3) is 0 Å². The fourth-order valence-electron chi connectivity index (χ4n) is 1.07. The number of hydrogen-bond donors (Lipinski definition) is 1. The minimum atomic E-state index is 0.726. The fourth-order valence-corrected chi connectivity index (χ4v) is 1.74. The van der Waals surface area contributed by atoms with Crippen molar-refractivity contribution in [2.24, 2.45) is 0 Å². The van der Waals surface area contributed by atoms with Gasteiger partial charge in [0.05, 0.1) is 0 Å². The van der Waals surface area contributed by atoms with E-state index in [-0.39, 0.29) is 0 Å². The second kappa shape index (κ2) is 5.46. The fraction of sp³-hybridized carbons (Fsp3) is 0.333. The summed E-state index contributed by atoms with van der Waals surface area (Å²) in [7, 11) is 0. The largest absolute Gasteiger partial charge is 0.229 e. The Kier molecular flexibility index (Phi) is 4.51. The molecule has 0 aliphatic rings. The van der Waals surface area contributed by atoms with Gasteiger partial charge in [-0.1, -0.05) is 24.3 Å². The maximum atomic E-state index is 5.41. The van der Waals surface area contributed by atoms with Crippen molar-refractivity contribution < 1.29 is 0 Å². The number of nitrogens with one attached hydrogen (secondary N) is 1. The van der Waals surface area contributed by atoms with Crippen LogP contribution < -0.4 is 4.84 Å². The Morgan fingerprint density at radius 2 is 2.17 bits per heavy atom. The van der Waals surface area contributed by atoms with Crippen LogP contribution in [0.1, 0.15) is 11.1 Å². The van der Waals surface area contributed by atoms with E-state index in [2.05, 4.69) is 35.4 Å². The molecule has 0 saturated carbocycles. The first kappa shape index (κ1) is 9.90. The minimum Gasteiger partial charge on any atom is -0.229 e. The Hall–Kier alpha value is -0.180. The predicted molar refractivity (Wildman–Crippen MR) is 56.4 cm³/mol. The molecule has 0 aliphatic carbocycles. The lowest BCUT2D eigenvalue weighted by Crippen LogP contribution is -1.98. The van der Waals surface area contributed by atoms with Crippen LogP contribution in [0, 0.1) is 0 Å². The summed E-state index contributed by atoms with van der Waals surface area (Å²) >= 11 is 7.24. The lowest BCUT2D eigenvalue weighted by atomic mass is 10.1. The topological polar surface area (TPSA) is 12.0 Å². The normalized spacial score (nSPS) is 10.2. The van der Waals surface area contributed by atoms with Crippen LogP contribution in [0.3, 0.4) is 0 Å². The van der Waals surface area contributed by atoms with Crippen molar-refractivity contribution in [3.8, 4) is 0 Å². The SMILES string of the molecule is CSCc1cccc(CNCl)c1. The first-order valence-electron chi connectivity index (χ1n) is 3.77. The first-order valence-corrected chi connectivity index (χ1v) is 5.54. The summed E-state index contributed by atoms with van der Waals surface area (Å²) < 4.78 is 0. The van der Waals surface area contributed by atoms with Gasteiger partial charge in [0, 0.05) is 12.3 Å². The molecule has 0 aliphatic heterocycles. The number of benzene rings is 1. The molecule has 3 heteroatoms. The minimum absolute atomic E-state index is 0.726. The average Bonchev–Trinajstić information content (AvgIpc) is 2.06. The summed E-state index contributed by atoms with van der Waals surface area (Å²) in [6.45, 7) is 0.726. The maximum absolute atomic E-state index is 5.41. The molecule has 0 amide bonds. The van der Waals surface area contributed by atoms with Crippen molar-refractivity contribution >= 4 is 23.5 Å². The van der Waals surface area contributed by atoms with E-state index in [1.165, 1.54) is 11.1 Å². The molecule has 0 spiro atoms. The number of halogens is 1. The Morgan fingerprint density at radius 3 is 2.83 bits per heavy atom. The molecular weight excluding hydrogens is 190 g/mol. The summed E-state index contributed by atoms with van der Waals surface area (Å²) in [5.74, 6) is 1.07. The van der Waals surface area contributed by atoms with Gasteiger partial charge in [0.15, 0.2) is 0 Å². The van der Waals surface area contributed by atoms with Gasteiger partial charge in [-0.3, -0.25) is 0 Å². The van der Waals surface area contributed by atoms with E-state index in [9.17, 15) is 0 Å². The van der Waals surface area contributed by atoms with Gasteiger partial charge >= 0.3 is 0 Å². The molecule has 0 aromatic heterocycles. The zero-order valence-electron chi connectivity index (χ0n) is 7.01. The zero-order valence-corrected chi connectivity index (χ0v) is 8.58. The molecule has 1 rings (SSSR count). The molecule has 0 bridgehead atoms. The van der Waals surface area contributed by atoms with Gasteiger partial charge in [-0.25, -0.2) is 4.84 Å². The third kappa shape index (κ3) is 3.05. The highest BCUT2D eigenvalue weighted by Crippen LogP contribution is 2.11. The summed E-state index contributed by atoms with van der Waals surface area (Å²) in [5.41, 5.74) is 2.59. The zero-order chi connectivity index (χ0) is 8.81. The smallest absolute Gasteiger partial charge is 0.0359 e. The van der Waals surface area contributed by atoms with E-state index in [1.54, 1.807) is 0 Å². The van der Waals surface area contributed by atoms with Crippen molar-refractivity contribution in [1.29, 1.82) is 0 Å². The van der Waals surface area contributed by atoms with E-state index in [1.807, 2.05) is 11.8 Å². The van der Waals surface area contributed by atoms with Crippen molar-refractivity contribution in [1.82, 2.24) is 4.84 Å². The molecule has 1 aromatic rings. The van der Waals surface area contributed by atoms with Gasteiger partial charge in [-0.15, -0.1) is 0 Å².